The molecule has 164 valence electrons. The Labute approximate surface area is 170 Å². The summed E-state index contributed by atoms with van der Waals surface area (Å²) in [5.74, 6) is -0.447. The van der Waals surface area contributed by atoms with E-state index >= 15 is 0 Å². The van der Waals surface area contributed by atoms with E-state index < -0.39 is 39.1 Å². The molecule has 1 aliphatic carbocycles. The zero-order valence-corrected chi connectivity index (χ0v) is 17.5. The van der Waals surface area contributed by atoms with Crippen molar-refractivity contribution in [3.05, 3.63) is 29.8 Å². The molecule has 1 N–H and O–H groups in total. The fourth-order valence-corrected chi connectivity index (χ4v) is 4.37. The molecule has 1 amide bonds. The van der Waals surface area contributed by atoms with Crippen molar-refractivity contribution in [2.24, 2.45) is 0 Å². The number of benzene rings is 1. The number of nitrogens with one attached hydrogen (secondary N) is 1. The molecule has 0 aliphatic heterocycles. The normalized spacial score (nSPS) is 16.2. The zero-order valence-electron chi connectivity index (χ0n) is 16.7. The van der Waals surface area contributed by atoms with Crippen LogP contribution in [0.4, 0.5) is 13.2 Å². The van der Waals surface area contributed by atoms with Crippen LogP contribution >= 0.6 is 0 Å². The van der Waals surface area contributed by atoms with E-state index in [1.54, 1.807) is 7.05 Å². The first-order valence-corrected chi connectivity index (χ1v) is 11.1. The van der Waals surface area contributed by atoms with Crippen LogP contribution in [0.15, 0.2) is 29.2 Å². The second-order valence-electron chi connectivity index (χ2n) is 7.44. The average Bonchev–Trinajstić information content (AvgIpc) is 2.70. The maximum Gasteiger partial charge on any atom is 0.416 e. The maximum absolute atomic E-state index is 12.8. The summed E-state index contributed by atoms with van der Waals surface area (Å²) in [7, 11) is -0.630. The second-order valence-corrected chi connectivity index (χ2v) is 9.20. The Balaban J connectivity index is 1.87. The van der Waals surface area contributed by atoms with Crippen molar-refractivity contribution in [1.82, 2.24) is 14.5 Å². The van der Waals surface area contributed by atoms with Gasteiger partial charge in [0, 0.05) is 26.2 Å². The summed E-state index contributed by atoms with van der Waals surface area (Å²) < 4.78 is 64.9. The van der Waals surface area contributed by atoms with Gasteiger partial charge in [0.15, 0.2) is 0 Å². The molecule has 1 aliphatic rings. The molecule has 0 heterocycles. The Morgan fingerprint density at radius 1 is 1.14 bits per heavy atom. The highest BCUT2D eigenvalue weighted by atomic mass is 32.2. The summed E-state index contributed by atoms with van der Waals surface area (Å²) in [5, 5.41) is 0. The number of likely N-dealkylation sites (N-methyl/N-ethyl adjacent to an activating group) is 2. The van der Waals surface area contributed by atoms with Crippen LogP contribution in [0.3, 0.4) is 0 Å². The Kier molecular flexibility index (Phi) is 8.07. The molecule has 1 aromatic carbocycles. The predicted octanol–water partition coefficient (Wildman–Crippen LogP) is 2.71. The predicted molar refractivity (Wildman–Crippen MR) is 104 cm³/mol. The minimum atomic E-state index is -4.65. The van der Waals surface area contributed by atoms with Crippen LogP contribution in [-0.4, -0.2) is 63.9 Å². The van der Waals surface area contributed by atoms with E-state index in [1.807, 2.05) is 7.05 Å². The summed E-state index contributed by atoms with van der Waals surface area (Å²) in [6.07, 6.45) is 1.32. The molecule has 10 heteroatoms. The molecule has 29 heavy (non-hydrogen) atoms. The summed E-state index contributed by atoms with van der Waals surface area (Å²) in [6.45, 7) is 0.604. The number of rotatable bonds is 8. The molecule has 6 nitrogen and oxygen atoms in total. The van der Waals surface area contributed by atoms with Crippen LogP contribution < -0.4 is 4.72 Å². The highest BCUT2D eigenvalue weighted by molar-refractivity contribution is 7.89. The highest BCUT2D eigenvalue weighted by Crippen LogP contribution is 2.30. The Morgan fingerprint density at radius 2 is 1.79 bits per heavy atom. The zero-order chi connectivity index (χ0) is 21.7. The number of halogens is 3. The van der Waals surface area contributed by atoms with Gasteiger partial charge in [0.05, 0.1) is 17.0 Å². The number of hydrogen-bond donors (Lipinski definition) is 1. The van der Waals surface area contributed by atoms with Crippen molar-refractivity contribution in [1.29, 1.82) is 0 Å². The van der Waals surface area contributed by atoms with E-state index in [2.05, 4.69) is 9.62 Å². The van der Waals surface area contributed by atoms with Crippen LogP contribution in [0.5, 0.6) is 0 Å². The fraction of sp³-hybridized carbons (Fsp3) is 0.632. The molecule has 0 atom stereocenters. The van der Waals surface area contributed by atoms with Crippen LogP contribution in [0.1, 0.15) is 37.7 Å². The van der Waals surface area contributed by atoms with Gasteiger partial charge in [0.25, 0.3) is 0 Å². The third-order valence-electron chi connectivity index (χ3n) is 5.30. The SMILES string of the molecule is CN(CCN(C)C1CCCCC1)C(=O)CNS(=O)(=O)c1cccc(C(F)(F)F)c1. The van der Waals surface area contributed by atoms with Gasteiger partial charge in [0.1, 0.15) is 0 Å². The molecule has 1 aromatic rings. The van der Waals surface area contributed by atoms with Crippen molar-refractivity contribution in [2.45, 2.75) is 49.2 Å². The molecular formula is C19H28F3N3O3S. The van der Waals surface area contributed by atoms with Crippen molar-refractivity contribution >= 4 is 15.9 Å². The van der Waals surface area contributed by atoms with E-state index in [0.29, 0.717) is 25.2 Å². The van der Waals surface area contributed by atoms with Gasteiger partial charge in [-0.2, -0.15) is 13.2 Å². The lowest BCUT2D eigenvalue weighted by Gasteiger charge is -2.32. The van der Waals surface area contributed by atoms with Crippen LogP contribution in [-0.2, 0) is 21.0 Å². The lowest BCUT2D eigenvalue weighted by atomic mass is 9.94. The number of hydrogen-bond acceptors (Lipinski definition) is 4. The molecular weight excluding hydrogens is 407 g/mol. The second kappa shape index (κ2) is 9.90. The van der Waals surface area contributed by atoms with E-state index in [1.165, 1.54) is 24.2 Å². The van der Waals surface area contributed by atoms with Crippen molar-refractivity contribution in [3.63, 3.8) is 0 Å². The smallest absolute Gasteiger partial charge is 0.343 e. The summed E-state index contributed by atoms with van der Waals surface area (Å²) >= 11 is 0. The van der Waals surface area contributed by atoms with Gasteiger partial charge in [-0.1, -0.05) is 25.3 Å². The van der Waals surface area contributed by atoms with Gasteiger partial charge in [-0.15, -0.1) is 0 Å². The van der Waals surface area contributed by atoms with Crippen molar-refractivity contribution < 1.29 is 26.4 Å². The van der Waals surface area contributed by atoms with Gasteiger partial charge in [-0.25, -0.2) is 13.1 Å². The third kappa shape index (κ3) is 6.97. The fourth-order valence-electron chi connectivity index (χ4n) is 3.35. The molecule has 1 saturated carbocycles. The first kappa shape index (κ1) is 23.6. The number of alkyl halides is 3. The van der Waals surface area contributed by atoms with E-state index in [0.717, 1.165) is 31.0 Å². The van der Waals surface area contributed by atoms with E-state index in [4.69, 9.17) is 0 Å². The van der Waals surface area contributed by atoms with Gasteiger partial charge >= 0.3 is 6.18 Å². The number of carbonyl (C=O) groups excluding carboxylic acids is 1. The number of nitrogens with zero attached hydrogens (tertiary/aromatic N) is 2. The van der Waals surface area contributed by atoms with Gasteiger partial charge < -0.3 is 9.80 Å². The molecule has 0 spiro atoms. The Hall–Kier alpha value is -1.65. The minimum absolute atomic E-state index is 0.442. The first-order chi connectivity index (χ1) is 13.5. The monoisotopic (exact) mass is 435 g/mol. The molecule has 0 saturated heterocycles. The molecule has 0 bridgehead atoms. The first-order valence-electron chi connectivity index (χ1n) is 9.62. The topological polar surface area (TPSA) is 69.7 Å². The van der Waals surface area contributed by atoms with Crippen LogP contribution in [0.25, 0.3) is 0 Å². The van der Waals surface area contributed by atoms with Gasteiger partial charge in [-0.3, -0.25) is 4.79 Å². The number of carbonyl (C=O) groups is 1. The number of amides is 1. The Bertz CT molecular complexity index is 793. The molecule has 1 fully saturated rings. The average molecular weight is 436 g/mol. The Morgan fingerprint density at radius 3 is 2.41 bits per heavy atom. The summed E-state index contributed by atoms with van der Waals surface area (Å²) in [6, 6.07) is 3.93. The maximum atomic E-state index is 12.8. The van der Waals surface area contributed by atoms with E-state index in [-0.39, 0.29) is 0 Å². The minimum Gasteiger partial charge on any atom is -0.343 e. The molecule has 0 unspecified atom stereocenters. The lowest BCUT2D eigenvalue weighted by molar-refractivity contribution is -0.137. The lowest BCUT2D eigenvalue weighted by Crippen LogP contribution is -2.43. The number of sulfonamides is 1. The third-order valence-corrected chi connectivity index (χ3v) is 6.70. The summed E-state index contributed by atoms with van der Waals surface area (Å²) in [5.41, 5.74) is -1.06. The van der Waals surface area contributed by atoms with Crippen LogP contribution in [0.2, 0.25) is 0 Å². The standard InChI is InChI=1S/C19H28F3N3O3S/c1-24(16-8-4-3-5-9-16)11-12-25(2)18(26)14-23-29(27,28)17-10-6-7-15(13-17)19(20,21)22/h6-7,10,13,16,23H,3-5,8-9,11-12,14H2,1-2H3. The van der Waals surface area contributed by atoms with Crippen LogP contribution in [0, 0.1) is 0 Å². The van der Waals surface area contributed by atoms with Crippen molar-refractivity contribution in [2.75, 3.05) is 33.7 Å². The van der Waals surface area contributed by atoms with Crippen molar-refractivity contribution in [3.8, 4) is 0 Å². The van der Waals surface area contributed by atoms with Gasteiger partial charge in [0.2, 0.25) is 15.9 Å². The van der Waals surface area contributed by atoms with E-state index in [9.17, 15) is 26.4 Å². The largest absolute Gasteiger partial charge is 0.416 e. The molecule has 0 radical (unpaired) electrons. The summed E-state index contributed by atoms with van der Waals surface area (Å²) in [4.78, 5) is 15.4. The molecule has 2 rings (SSSR count). The van der Waals surface area contributed by atoms with Gasteiger partial charge in [-0.05, 0) is 38.1 Å². The molecule has 0 aromatic heterocycles. The highest BCUT2D eigenvalue weighted by Gasteiger charge is 2.31. The quantitative estimate of drug-likeness (QED) is 0.682.